The van der Waals surface area contributed by atoms with E-state index < -0.39 is 17.6 Å². The average molecular weight is 184 g/mol. The molecule has 0 heterocycles. The molecule has 0 unspecified atom stereocenters. The fraction of sp³-hybridized carbons (Fsp3) is 0.833. The van der Waals surface area contributed by atoms with E-state index in [0.717, 1.165) is 0 Å². The van der Waals surface area contributed by atoms with Crippen molar-refractivity contribution in [1.82, 2.24) is 0 Å². The van der Waals surface area contributed by atoms with Gasteiger partial charge in [0.15, 0.2) is 0 Å². The minimum atomic E-state index is -2.39. The average Bonchev–Trinajstić information content (AvgIpc) is 1.86. The van der Waals surface area contributed by atoms with Crippen LogP contribution in [0.1, 0.15) is 13.3 Å². The van der Waals surface area contributed by atoms with Crippen molar-refractivity contribution in [1.29, 1.82) is 0 Å². The monoisotopic (exact) mass is 184 g/mol. The zero-order valence-electron chi connectivity index (χ0n) is 6.09. The van der Waals surface area contributed by atoms with Gasteiger partial charge in [-0.1, -0.05) is 18.7 Å². The van der Waals surface area contributed by atoms with Crippen LogP contribution in [-0.2, 0) is 4.79 Å². The van der Waals surface area contributed by atoms with Crippen LogP contribution in [0.3, 0.4) is 0 Å². The standard InChI is InChI=1S/C6H10F2O2S/c1-4(5(9)10)2-3-11-6(7)8/h4,6H,2-3H2,1H3,(H,9,10)/t4-/m0/s1. The van der Waals surface area contributed by atoms with E-state index in [4.69, 9.17) is 5.11 Å². The van der Waals surface area contributed by atoms with Crippen LogP contribution in [0, 0.1) is 5.92 Å². The summed E-state index contributed by atoms with van der Waals surface area (Å²) >= 11 is 0.480. The highest BCUT2D eigenvalue weighted by atomic mass is 32.2. The maximum Gasteiger partial charge on any atom is 0.306 e. The highest BCUT2D eigenvalue weighted by Crippen LogP contribution is 2.16. The normalized spacial score (nSPS) is 13.5. The lowest BCUT2D eigenvalue weighted by Gasteiger charge is -2.03. The number of alkyl halides is 2. The van der Waals surface area contributed by atoms with Crippen LogP contribution in [0.2, 0.25) is 0 Å². The van der Waals surface area contributed by atoms with Gasteiger partial charge < -0.3 is 5.11 Å². The first-order valence-corrected chi connectivity index (χ1v) is 4.21. The third-order valence-corrected chi connectivity index (χ3v) is 1.94. The van der Waals surface area contributed by atoms with Crippen molar-refractivity contribution in [3.05, 3.63) is 0 Å². The largest absolute Gasteiger partial charge is 0.481 e. The molecular weight excluding hydrogens is 174 g/mol. The summed E-state index contributed by atoms with van der Waals surface area (Å²) in [4.78, 5) is 10.2. The maximum absolute atomic E-state index is 11.5. The van der Waals surface area contributed by atoms with Crippen LogP contribution in [0.15, 0.2) is 0 Å². The van der Waals surface area contributed by atoms with E-state index in [1.54, 1.807) is 0 Å². The van der Waals surface area contributed by atoms with E-state index >= 15 is 0 Å². The topological polar surface area (TPSA) is 37.3 Å². The Balaban J connectivity index is 3.31. The second kappa shape index (κ2) is 5.35. The lowest BCUT2D eigenvalue weighted by molar-refractivity contribution is -0.141. The lowest BCUT2D eigenvalue weighted by Crippen LogP contribution is -2.10. The zero-order valence-corrected chi connectivity index (χ0v) is 6.91. The SMILES string of the molecule is C[C@@H](CCSC(F)F)C(=O)O. The quantitative estimate of drug-likeness (QED) is 0.710. The lowest BCUT2D eigenvalue weighted by atomic mass is 10.1. The Kier molecular flexibility index (Phi) is 5.19. The van der Waals surface area contributed by atoms with E-state index in [1.165, 1.54) is 6.92 Å². The molecule has 0 rings (SSSR count). The molecule has 1 atom stereocenters. The summed E-state index contributed by atoms with van der Waals surface area (Å²) < 4.78 is 23.0. The van der Waals surface area contributed by atoms with Crippen LogP contribution < -0.4 is 0 Å². The van der Waals surface area contributed by atoms with Gasteiger partial charge in [-0.05, 0) is 12.2 Å². The van der Waals surface area contributed by atoms with Crippen LogP contribution in [0.25, 0.3) is 0 Å². The Bertz CT molecular complexity index is 130. The van der Waals surface area contributed by atoms with Gasteiger partial charge in [0.2, 0.25) is 0 Å². The number of carbonyl (C=O) groups is 1. The molecule has 0 radical (unpaired) electrons. The van der Waals surface area contributed by atoms with Crippen LogP contribution in [-0.4, -0.2) is 22.6 Å². The first kappa shape index (κ1) is 10.7. The molecule has 0 aliphatic rings. The minimum absolute atomic E-state index is 0.200. The number of carboxylic acid groups (broad SMARTS) is 1. The number of hydrogen-bond acceptors (Lipinski definition) is 2. The first-order chi connectivity index (χ1) is 5.04. The molecule has 0 aromatic carbocycles. The molecule has 0 amide bonds. The maximum atomic E-state index is 11.5. The molecule has 0 saturated heterocycles. The van der Waals surface area contributed by atoms with Crippen molar-refractivity contribution in [2.45, 2.75) is 19.1 Å². The molecule has 1 N–H and O–H groups in total. The Hall–Kier alpha value is -0.320. The summed E-state index contributed by atoms with van der Waals surface area (Å²) in [5.74, 6) is -3.65. The first-order valence-electron chi connectivity index (χ1n) is 3.16. The van der Waals surface area contributed by atoms with Crippen molar-refractivity contribution in [2.75, 3.05) is 5.75 Å². The van der Waals surface area contributed by atoms with Gasteiger partial charge in [-0.2, -0.15) is 8.78 Å². The molecular formula is C6H10F2O2S. The van der Waals surface area contributed by atoms with Crippen LogP contribution >= 0.6 is 11.8 Å². The van der Waals surface area contributed by atoms with Gasteiger partial charge in [0, 0.05) is 0 Å². The molecule has 0 fully saturated rings. The summed E-state index contributed by atoms with van der Waals surface area (Å²) in [6, 6.07) is 0. The predicted molar refractivity (Wildman–Crippen MR) is 39.9 cm³/mol. The predicted octanol–water partition coefficient (Wildman–Crippen LogP) is 2.05. The number of aliphatic carboxylic acids is 1. The zero-order chi connectivity index (χ0) is 8.85. The smallest absolute Gasteiger partial charge is 0.306 e. The second-order valence-electron chi connectivity index (χ2n) is 2.16. The summed E-state index contributed by atoms with van der Waals surface area (Å²) in [6.45, 7) is 1.51. The molecule has 0 saturated carbocycles. The van der Waals surface area contributed by atoms with Crippen molar-refractivity contribution in [3.8, 4) is 0 Å². The van der Waals surface area contributed by atoms with E-state index in [-0.39, 0.29) is 5.75 Å². The Labute approximate surface area is 68.0 Å². The Morgan fingerprint density at radius 2 is 2.18 bits per heavy atom. The summed E-state index contributed by atoms with van der Waals surface area (Å²) in [7, 11) is 0. The molecule has 2 nitrogen and oxygen atoms in total. The molecule has 11 heavy (non-hydrogen) atoms. The van der Waals surface area contributed by atoms with Gasteiger partial charge in [0.25, 0.3) is 5.76 Å². The second-order valence-corrected chi connectivity index (χ2v) is 3.26. The molecule has 0 aromatic rings. The molecule has 0 aromatic heterocycles. The summed E-state index contributed by atoms with van der Waals surface area (Å²) in [5, 5.41) is 8.35. The summed E-state index contributed by atoms with van der Waals surface area (Å²) in [6.07, 6.45) is 0.296. The van der Waals surface area contributed by atoms with Crippen molar-refractivity contribution in [2.24, 2.45) is 5.92 Å². The summed E-state index contributed by atoms with van der Waals surface area (Å²) in [5.41, 5.74) is 0. The number of hydrogen-bond donors (Lipinski definition) is 1. The van der Waals surface area contributed by atoms with E-state index in [0.29, 0.717) is 18.2 Å². The van der Waals surface area contributed by atoms with Gasteiger partial charge in [-0.25, -0.2) is 0 Å². The number of halogens is 2. The van der Waals surface area contributed by atoms with Gasteiger partial charge in [-0.3, -0.25) is 4.79 Å². The van der Waals surface area contributed by atoms with Crippen LogP contribution in [0.5, 0.6) is 0 Å². The molecule has 0 spiro atoms. The minimum Gasteiger partial charge on any atom is -0.481 e. The third kappa shape index (κ3) is 6.09. The molecule has 0 aliphatic carbocycles. The Morgan fingerprint density at radius 3 is 2.55 bits per heavy atom. The van der Waals surface area contributed by atoms with Gasteiger partial charge in [0.05, 0.1) is 5.92 Å². The van der Waals surface area contributed by atoms with Gasteiger partial charge in [-0.15, -0.1) is 0 Å². The third-order valence-electron chi connectivity index (χ3n) is 1.22. The van der Waals surface area contributed by atoms with Gasteiger partial charge in [0.1, 0.15) is 0 Å². The molecule has 66 valence electrons. The van der Waals surface area contributed by atoms with Crippen molar-refractivity contribution < 1.29 is 18.7 Å². The number of carboxylic acids is 1. The molecule has 5 heteroatoms. The molecule has 0 bridgehead atoms. The van der Waals surface area contributed by atoms with Crippen molar-refractivity contribution >= 4 is 17.7 Å². The van der Waals surface area contributed by atoms with E-state index in [1.807, 2.05) is 0 Å². The Morgan fingerprint density at radius 1 is 1.64 bits per heavy atom. The fourth-order valence-electron chi connectivity index (χ4n) is 0.457. The highest BCUT2D eigenvalue weighted by Gasteiger charge is 2.11. The van der Waals surface area contributed by atoms with E-state index in [2.05, 4.69) is 0 Å². The van der Waals surface area contributed by atoms with Gasteiger partial charge >= 0.3 is 5.97 Å². The van der Waals surface area contributed by atoms with Crippen LogP contribution in [0.4, 0.5) is 8.78 Å². The van der Waals surface area contributed by atoms with E-state index in [9.17, 15) is 13.6 Å². The number of thioether (sulfide) groups is 1. The molecule has 0 aliphatic heterocycles. The number of rotatable bonds is 5. The van der Waals surface area contributed by atoms with Crippen molar-refractivity contribution in [3.63, 3.8) is 0 Å². The highest BCUT2D eigenvalue weighted by molar-refractivity contribution is 7.99. The fourth-order valence-corrected chi connectivity index (χ4v) is 1.13.